The molecule has 0 amide bonds. The summed E-state index contributed by atoms with van der Waals surface area (Å²) in [5.74, 6) is 1.42. The van der Waals surface area contributed by atoms with E-state index in [2.05, 4.69) is 20.6 Å². The lowest BCUT2D eigenvalue weighted by Crippen LogP contribution is -2.24. The number of ether oxygens (including phenoxy) is 1. The zero-order chi connectivity index (χ0) is 12.7. The van der Waals surface area contributed by atoms with E-state index in [0.29, 0.717) is 18.2 Å². The number of methoxy groups -OCH3 is 1. The maximum absolute atomic E-state index is 9.47. The van der Waals surface area contributed by atoms with Crippen molar-refractivity contribution < 1.29 is 9.84 Å². The molecule has 0 fully saturated rings. The van der Waals surface area contributed by atoms with Gasteiger partial charge in [0.15, 0.2) is 0 Å². The summed E-state index contributed by atoms with van der Waals surface area (Å²) in [5.41, 5.74) is 5.57. The molecule has 0 bridgehead atoms. The Hall–Kier alpha value is -1.60. The van der Waals surface area contributed by atoms with Crippen molar-refractivity contribution >= 4 is 17.6 Å². The first-order valence-electron chi connectivity index (χ1n) is 5.45. The highest BCUT2D eigenvalue weighted by Crippen LogP contribution is 2.12. The normalized spacial score (nSPS) is 12.2. The maximum atomic E-state index is 9.47. The van der Waals surface area contributed by atoms with E-state index in [-0.39, 0.29) is 12.6 Å². The molecule has 1 aromatic rings. The fourth-order valence-corrected chi connectivity index (χ4v) is 1.30. The van der Waals surface area contributed by atoms with Gasteiger partial charge in [0.25, 0.3) is 0 Å². The van der Waals surface area contributed by atoms with Gasteiger partial charge in [-0.25, -0.2) is 0 Å². The molecular formula is C10H19N5O2. The fourth-order valence-electron chi connectivity index (χ4n) is 1.30. The Balaban J connectivity index is 2.57. The quantitative estimate of drug-likeness (QED) is 0.528. The van der Waals surface area contributed by atoms with Crippen molar-refractivity contribution in [2.45, 2.75) is 13.0 Å². The minimum Gasteiger partial charge on any atom is -0.389 e. The standard InChI is InChI=1S/C10H19N5O2/c1-3-12-8-4-9(15-10(11)14-8)13-5-7(16)6-17-2/h4,7,16H,3,5-6H2,1-2H3,(H4,11,12,13,14,15). The Labute approximate surface area is 100 Å². The molecule has 1 atom stereocenters. The van der Waals surface area contributed by atoms with Gasteiger partial charge in [-0.05, 0) is 6.92 Å². The molecule has 0 spiro atoms. The molecule has 5 N–H and O–H groups in total. The number of anilines is 3. The van der Waals surface area contributed by atoms with Gasteiger partial charge >= 0.3 is 0 Å². The van der Waals surface area contributed by atoms with Crippen LogP contribution in [0.5, 0.6) is 0 Å². The van der Waals surface area contributed by atoms with E-state index in [1.54, 1.807) is 6.07 Å². The third-order valence-electron chi connectivity index (χ3n) is 1.98. The van der Waals surface area contributed by atoms with Gasteiger partial charge in [-0.2, -0.15) is 9.97 Å². The summed E-state index contributed by atoms with van der Waals surface area (Å²) in [5, 5.41) is 15.5. The van der Waals surface area contributed by atoms with Gasteiger partial charge in [-0.3, -0.25) is 0 Å². The third kappa shape index (κ3) is 4.83. The number of nitrogens with one attached hydrogen (secondary N) is 2. The van der Waals surface area contributed by atoms with E-state index >= 15 is 0 Å². The molecule has 1 aromatic heterocycles. The predicted octanol–water partition coefficient (Wildman–Crippen LogP) is -0.0902. The van der Waals surface area contributed by atoms with Gasteiger partial charge in [-0.1, -0.05) is 0 Å². The Bertz CT molecular complexity index is 347. The monoisotopic (exact) mass is 241 g/mol. The Kier molecular flexibility index (Phi) is 5.44. The molecule has 0 saturated carbocycles. The van der Waals surface area contributed by atoms with Crippen molar-refractivity contribution in [1.82, 2.24) is 9.97 Å². The van der Waals surface area contributed by atoms with Crippen molar-refractivity contribution in [1.29, 1.82) is 0 Å². The van der Waals surface area contributed by atoms with Crippen LogP contribution in [0.15, 0.2) is 6.07 Å². The van der Waals surface area contributed by atoms with E-state index in [1.165, 1.54) is 7.11 Å². The number of aromatic nitrogens is 2. The smallest absolute Gasteiger partial charge is 0.223 e. The van der Waals surface area contributed by atoms with E-state index < -0.39 is 6.10 Å². The number of hydrogen-bond acceptors (Lipinski definition) is 7. The fraction of sp³-hybridized carbons (Fsp3) is 0.600. The number of nitrogens with two attached hydrogens (primary N) is 1. The highest BCUT2D eigenvalue weighted by molar-refractivity contribution is 5.50. The van der Waals surface area contributed by atoms with Crippen molar-refractivity contribution in [2.75, 3.05) is 43.2 Å². The van der Waals surface area contributed by atoms with Gasteiger partial charge in [-0.15, -0.1) is 0 Å². The molecule has 1 rings (SSSR count). The molecule has 0 aliphatic heterocycles. The van der Waals surface area contributed by atoms with Crippen molar-refractivity contribution in [2.24, 2.45) is 0 Å². The lowest BCUT2D eigenvalue weighted by atomic mass is 10.3. The first-order chi connectivity index (χ1) is 8.15. The average Bonchev–Trinajstić information content (AvgIpc) is 2.26. The SMILES string of the molecule is CCNc1cc(NCC(O)COC)nc(N)n1. The summed E-state index contributed by atoms with van der Waals surface area (Å²) >= 11 is 0. The van der Waals surface area contributed by atoms with E-state index in [9.17, 15) is 5.11 Å². The van der Waals surface area contributed by atoms with Gasteiger partial charge in [0, 0.05) is 26.3 Å². The average molecular weight is 241 g/mol. The summed E-state index contributed by atoms with van der Waals surface area (Å²) < 4.78 is 4.82. The number of aliphatic hydroxyl groups excluding tert-OH is 1. The maximum Gasteiger partial charge on any atom is 0.223 e. The van der Waals surface area contributed by atoms with Crippen LogP contribution < -0.4 is 16.4 Å². The zero-order valence-corrected chi connectivity index (χ0v) is 10.1. The summed E-state index contributed by atoms with van der Waals surface area (Å²) in [4.78, 5) is 8.03. The second-order valence-electron chi connectivity index (χ2n) is 3.52. The molecule has 96 valence electrons. The second kappa shape index (κ2) is 6.87. The summed E-state index contributed by atoms with van der Waals surface area (Å²) in [6, 6.07) is 1.74. The zero-order valence-electron chi connectivity index (χ0n) is 10.1. The molecule has 1 heterocycles. The van der Waals surface area contributed by atoms with Crippen molar-refractivity contribution in [3.05, 3.63) is 6.07 Å². The predicted molar refractivity (Wildman–Crippen MR) is 67.0 cm³/mol. The first-order valence-corrected chi connectivity index (χ1v) is 5.45. The van der Waals surface area contributed by atoms with Crippen LogP contribution in [0.3, 0.4) is 0 Å². The van der Waals surface area contributed by atoms with E-state index in [0.717, 1.165) is 6.54 Å². The number of nitrogens with zero attached hydrogens (tertiary/aromatic N) is 2. The van der Waals surface area contributed by atoms with Crippen molar-refractivity contribution in [3.63, 3.8) is 0 Å². The Morgan fingerprint density at radius 1 is 1.41 bits per heavy atom. The van der Waals surface area contributed by atoms with E-state index in [1.807, 2.05) is 6.92 Å². The molecular weight excluding hydrogens is 222 g/mol. The Morgan fingerprint density at radius 2 is 2.06 bits per heavy atom. The highest BCUT2D eigenvalue weighted by atomic mass is 16.5. The molecule has 0 radical (unpaired) electrons. The molecule has 1 unspecified atom stereocenters. The van der Waals surface area contributed by atoms with Crippen LogP contribution in [-0.4, -0.2) is 48.0 Å². The van der Waals surface area contributed by atoms with Crippen LogP contribution in [0.2, 0.25) is 0 Å². The number of hydrogen-bond donors (Lipinski definition) is 4. The van der Waals surface area contributed by atoms with Crippen LogP contribution in [0.4, 0.5) is 17.6 Å². The number of nitrogen functional groups attached to an aromatic ring is 1. The van der Waals surface area contributed by atoms with Gasteiger partial charge < -0.3 is 26.2 Å². The molecule has 17 heavy (non-hydrogen) atoms. The van der Waals surface area contributed by atoms with Crippen LogP contribution in [0.1, 0.15) is 6.92 Å². The number of rotatable bonds is 7. The van der Waals surface area contributed by atoms with Crippen LogP contribution in [-0.2, 0) is 4.74 Å². The minimum absolute atomic E-state index is 0.187. The van der Waals surface area contributed by atoms with Gasteiger partial charge in [0.2, 0.25) is 5.95 Å². The lowest BCUT2D eigenvalue weighted by molar-refractivity contribution is 0.0727. The van der Waals surface area contributed by atoms with Crippen LogP contribution in [0.25, 0.3) is 0 Å². The van der Waals surface area contributed by atoms with Crippen LogP contribution in [0, 0.1) is 0 Å². The minimum atomic E-state index is -0.584. The second-order valence-corrected chi connectivity index (χ2v) is 3.52. The molecule has 0 saturated heterocycles. The van der Waals surface area contributed by atoms with Gasteiger partial charge in [0.05, 0.1) is 12.7 Å². The van der Waals surface area contributed by atoms with Crippen molar-refractivity contribution in [3.8, 4) is 0 Å². The van der Waals surface area contributed by atoms with E-state index in [4.69, 9.17) is 10.5 Å². The molecule has 0 aromatic carbocycles. The molecule has 0 aliphatic carbocycles. The molecule has 0 aliphatic rings. The van der Waals surface area contributed by atoms with Gasteiger partial charge in [0.1, 0.15) is 11.6 Å². The summed E-state index contributed by atoms with van der Waals surface area (Å²) in [6.45, 7) is 3.33. The molecule has 7 heteroatoms. The largest absolute Gasteiger partial charge is 0.389 e. The lowest BCUT2D eigenvalue weighted by Gasteiger charge is -2.12. The number of aliphatic hydroxyl groups is 1. The Morgan fingerprint density at radius 3 is 2.65 bits per heavy atom. The summed E-state index contributed by atoms with van der Waals surface area (Å²) in [6.07, 6.45) is -0.584. The third-order valence-corrected chi connectivity index (χ3v) is 1.98. The topological polar surface area (TPSA) is 105 Å². The summed E-state index contributed by atoms with van der Waals surface area (Å²) in [7, 11) is 1.54. The molecule has 7 nitrogen and oxygen atoms in total. The van der Waals surface area contributed by atoms with Crippen LogP contribution >= 0.6 is 0 Å². The first kappa shape index (κ1) is 13.5. The highest BCUT2D eigenvalue weighted by Gasteiger charge is 2.05.